The van der Waals surface area contributed by atoms with Crippen LogP contribution in [0.5, 0.6) is 0 Å². The summed E-state index contributed by atoms with van der Waals surface area (Å²) in [5, 5.41) is 12.3. The van der Waals surface area contributed by atoms with Crippen molar-refractivity contribution in [2.75, 3.05) is 5.32 Å². The van der Waals surface area contributed by atoms with Gasteiger partial charge in [0.25, 0.3) is 0 Å². The standard InChI is InChI=1S/C16H11BrFN5/c1-9-21-22-15-11-4-2-3-5-13(11)19-16(23(9)15)20-14-7-6-10(17)8-12(14)18/h2-8H,1H3,(H,19,20). The lowest BCUT2D eigenvalue weighted by Gasteiger charge is -2.11. The summed E-state index contributed by atoms with van der Waals surface area (Å²) in [6, 6.07) is 12.5. The lowest BCUT2D eigenvalue weighted by atomic mass is 10.2. The quantitative estimate of drug-likeness (QED) is 0.572. The van der Waals surface area contributed by atoms with E-state index in [1.54, 1.807) is 16.5 Å². The summed E-state index contributed by atoms with van der Waals surface area (Å²) < 4.78 is 16.6. The Balaban J connectivity index is 1.95. The number of hydrogen-bond donors (Lipinski definition) is 1. The number of nitrogens with one attached hydrogen (secondary N) is 1. The van der Waals surface area contributed by atoms with Crippen molar-refractivity contribution in [3.05, 3.63) is 58.6 Å². The maximum atomic E-state index is 14.1. The molecule has 0 atom stereocenters. The molecule has 0 amide bonds. The first-order valence-electron chi connectivity index (χ1n) is 6.96. The molecule has 0 saturated heterocycles. The van der Waals surface area contributed by atoms with Gasteiger partial charge in [-0.1, -0.05) is 28.1 Å². The maximum absolute atomic E-state index is 14.1. The van der Waals surface area contributed by atoms with Crippen molar-refractivity contribution in [2.24, 2.45) is 0 Å². The molecule has 2 aromatic carbocycles. The molecule has 0 radical (unpaired) electrons. The van der Waals surface area contributed by atoms with Crippen molar-refractivity contribution in [1.82, 2.24) is 19.6 Å². The predicted molar refractivity (Wildman–Crippen MR) is 90.4 cm³/mol. The number of aryl methyl sites for hydroxylation is 1. The first kappa shape index (κ1) is 14.1. The molecule has 0 unspecified atom stereocenters. The summed E-state index contributed by atoms with van der Waals surface area (Å²) in [5.41, 5.74) is 1.80. The molecule has 7 heteroatoms. The lowest BCUT2D eigenvalue weighted by Crippen LogP contribution is -2.05. The van der Waals surface area contributed by atoms with Crippen LogP contribution in [0, 0.1) is 12.7 Å². The number of rotatable bonds is 2. The SMILES string of the molecule is Cc1nnc2c3ccccc3nc(Nc3ccc(Br)cc3F)n12. The number of benzene rings is 2. The van der Waals surface area contributed by atoms with Crippen LogP contribution in [0.25, 0.3) is 16.6 Å². The molecule has 0 saturated carbocycles. The molecular weight excluding hydrogens is 361 g/mol. The molecule has 0 aliphatic carbocycles. The van der Waals surface area contributed by atoms with Crippen LogP contribution in [0.15, 0.2) is 46.9 Å². The fourth-order valence-electron chi connectivity index (χ4n) is 2.51. The minimum atomic E-state index is -0.367. The fourth-order valence-corrected chi connectivity index (χ4v) is 2.84. The molecule has 0 fully saturated rings. The highest BCUT2D eigenvalue weighted by Crippen LogP contribution is 2.26. The van der Waals surface area contributed by atoms with Crippen LogP contribution < -0.4 is 5.32 Å². The molecule has 0 spiro atoms. The van der Waals surface area contributed by atoms with Crippen LogP contribution >= 0.6 is 15.9 Å². The Kier molecular flexibility index (Phi) is 3.23. The van der Waals surface area contributed by atoms with Crippen molar-refractivity contribution < 1.29 is 4.39 Å². The van der Waals surface area contributed by atoms with E-state index in [1.807, 2.05) is 31.2 Å². The van der Waals surface area contributed by atoms with Gasteiger partial charge in [-0.15, -0.1) is 10.2 Å². The molecule has 1 N–H and O–H groups in total. The molecule has 4 rings (SSSR count). The van der Waals surface area contributed by atoms with Crippen LogP contribution in [-0.4, -0.2) is 19.6 Å². The molecule has 0 aliphatic heterocycles. The van der Waals surface area contributed by atoms with Gasteiger partial charge in [-0.25, -0.2) is 13.8 Å². The first-order valence-corrected chi connectivity index (χ1v) is 7.75. The van der Waals surface area contributed by atoms with Gasteiger partial charge in [0, 0.05) is 9.86 Å². The van der Waals surface area contributed by atoms with E-state index in [2.05, 4.69) is 36.4 Å². The normalized spacial score (nSPS) is 11.3. The third-order valence-electron chi connectivity index (χ3n) is 3.59. The highest BCUT2D eigenvalue weighted by molar-refractivity contribution is 9.10. The zero-order chi connectivity index (χ0) is 16.0. The molecule has 23 heavy (non-hydrogen) atoms. The third-order valence-corrected chi connectivity index (χ3v) is 4.08. The van der Waals surface area contributed by atoms with E-state index in [1.165, 1.54) is 6.07 Å². The van der Waals surface area contributed by atoms with E-state index in [-0.39, 0.29) is 5.82 Å². The predicted octanol–water partition coefficient (Wildman–Crippen LogP) is 4.23. The largest absolute Gasteiger partial charge is 0.323 e. The molecule has 2 heterocycles. The minimum Gasteiger partial charge on any atom is -0.323 e. The topological polar surface area (TPSA) is 55.1 Å². The van der Waals surface area contributed by atoms with E-state index in [9.17, 15) is 4.39 Å². The van der Waals surface area contributed by atoms with E-state index >= 15 is 0 Å². The van der Waals surface area contributed by atoms with Crippen molar-refractivity contribution in [3.63, 3.8) is 0 Å². The molecule has 4 aromatic rings. The average Bonchev–Trinajstić information content (AvgIpc) is 2.93. The second kappa shape index (κ2) is 5.27. The van der Waals surface area contributed by atoms with Gasteiger partial charge in [0.05, 0.1) is 11.2 Å². The van der Waals surface area contributed by atoms with Gasteiger partial charge < -0.3 is 5.32 Å². The molecule has 114 valence electrons. The fraction of sp³-hybridized carbons (Fsp3) is 0.0625. The van der Waals surface area contributed by atoms with E-state index in [4.69, 9.17) is 0 Å². The number of hydrogen-bond acceptors (Lipinski definition) is 4. The molecule has 0 bridgehead atoms. The van der Waals surface area contributed by atoms with Crippen LogP contribution in [-0.2, 0) is 0 Å². The van der Waals surface area contributed by atoms with Crippen LogP contribution in [0.1, 0.15) is 5.82 Å². The van der Waals surface area contributed by atoms with Crippen LogP contribution in [0.4, 0.5) is 16.0 Å². The van der Waals surface area contributed by atoms with Crippen LogP contribution in [0.2, 0.25) is 0 Å². The Labute approximate surface area is 139 Å². The summed E-state index contributed by atoms with van der Waals surface area (Å²) in [4.78, 5) is 4.59. The monoisotopic (exact) mass is 371 g/mol. The van der Waals surface area contributed by atoms with Crippen LogP contribution in [0.3, 0.4) is 0 Å². The second-order valence-corrected chi connectivity index (χ2v) is 6.02. The maximum Gasteiger partial charge on any atom is 0.215 e. The second-order valence-electron chi connectivity index (χ2n) is 5.11. The molecule has 2 aromatic heterocycles. The van der Waals surface area contributed by atoms with Crippen molar-refractivity contribution in [2.45, 2.75) is 6.92 Å². The number of aromatic nitrogens is 4. The lowest BCUT2D eigenvalue weighted by molar-refractivity contribution is 0.630. The van der Waals surface area contributed by atoms with Gasteiger partial charge >= 0.3 is 0 Å². The Morgan fingerprint density at radius 2 is 1.96 bits per heavy atom. The molecular formula is C16H11BrFN5. The Hall–Kier alpha value is -2.54. The summed E-state index contributed by atoms with van der Waals surface area (Å²) >= 11 is 3.25. The first-order chi connectivity index (χ1) is 11.1. The Bertz CT molecular complexity index is 1040. The van der Waals surface area contributed by atoms with Gasteiger partial charge in [0.2, 0.25) is 5.95 Å². The Morgan fingerprint density at radius 3 is 2.78 bits per heavy atom. The molecule has 5 nitrogen and oxygen atoms in total. The smallest absolute Gasteiger partial charge is 0.215 e. The summed E-state index contributed by atoms with van der Waals surface area (Å²) in [5.74, 6) is 0.786. The van der Waals surface area contributed by atoms with E-state index in [0.717, 1.165) is 10.9 Å². The zero-order valence-electron chi connectivity index (χ0n) is 12.1. The number of anilines is 2. The van der Waals surface area contributed by atoms with Gasteiger partial charge in [-0.3, -0.25) is 0 Å². The van der Waals surface area contributed by atoms with Gasteiger partial charge in [0.1, 0.15) is 11.6 Å². The summed E-state index contributed by atoms with van der Waals surface area (Å²) in [6.07, 6.45) is 0. The van der Waals surface area contributed by atoms with Crippen molar-refractivity contribution in [3.8, 4) is 0 Å². The van der Waals surface area contributed by atoms with Gasteiger partial charge in [0.15, 0.2) is 5.65 Å². The van der Waals surface area contributed by atoms with Crippen molar-refractivity contribution in [1.29, 1.82) is 0 Å². The summed E-state index contributed by atoms with van der Waals surface area (Å²) in [6.45, 7) is 1.83. The van der Waals surface area contributed by atoms with Gasteiger partial charge in [-0.2, -0.15) is 0 Å². The average molecular weight is 372 g/mol. The highest BCUT2D eigenvalue weighted by atomic mass is 79.9. The number of fused-ring (bicyclic) bond motifs is 3. The van der Waals surface area contributed by atoms with Crippen molar-refractivity contribution >= 4 is 44.1 Å². The third kappa shape index (κ3) is 2.33. The zero-order valence-corrected chi connectivity index (χ0v) is 13.7. The van der Waals surface area contributed by atoms with Gasteiger partial charge in [-0.05, 0) is 37.3 Å². The van der Waals surface area contributed by atoms with E-state index in [0.29, 0.717) is 27.6 Å². The number of nitrogens with zero attached hydrogens (tertiary/aromatic N) is 4. The summed E-state index contributed by atoms with van der Waals surface area (Å²) in [7, 11) is 0. The number of halogens is 2. The Morgan fingerprint density at radius 1 is 1.13 bits per heavy atom. The highest BCUT2D eigenvalue weighted by Gasteiger charge is 2.14. The van der Waals surface area contributed by atoms with E-state index < -0.39 is 0 Å². The minimum absolute atomic E-state index is 0.338. The molecule has 0 aliphatic rings. The number of para-hydroxylation sites is 1.